The monoisotopic (exact) mass is 328 g/mol. The summed E-state index contributed by atoms with van der Waals surface area (Å²) in [4.78, 5) is 26.4. The average Bonchev–Trinajstić information content (AvgIpc) is 2.57. The van der Waals surface area contributed by atoms with Crippen molar-refractivity contribution < 1.29 is 5.11 Å². The average molecular weight is 328 g/mol. The normalized spacial score (nSPS) is 15.1. The van der Waals surface area contributed by atoms with Gasteiger partial charge in [0, 0.05) is 13.1 Å². The van der Waals surface area contributed by atoms with E-state index in [0.29, 0.717) is 5.69 Å². The second-order valence-corrected chi connectivity index (χ2v) is 5.93. The van der Waals surface area contributed by atoms with E-state index < -0.39 is 17.1 Å². The number of aromatic hydroxyl groups is 1. The Bertz CT molecular complexity index is 859. The molecule has 0 atom stereocenters. The summed E-state index contributed by atoms with van der Waals surface area (Å²) in [6.45, 7) is 3.58. The van der Waals surface area contributed by atoms with Crippen LogP contribution in [0.5, 0.6) is 5.88 Å². The van der Waals surface area contributed by atoms with Gasteiger partial charge in [-0.05, 0) is 38.3 Å². The molecule has 3 rings (SSSR count). The Morgan fingerprint density at radius 2 is 1.79 bits per heavy atom. The summed E-state index contributed by atoms with van der Waals surface area (Å²) in [6.07, 6.45) is 4.62. The van der Waals surface area contributed by atoms with E-state index in [1.165, 1.54) is 12.6 Å². The number of piperidine rings is 1. The summed E-state index contributed by atoms with van der Waals surface area (Å²) in [5.41, 5.74) is 0.147. The van der Waals surface area contributed by atoms with Gasteiger partial charge in [-0.3, -0.25) is 14.8 Å². The maximum Gasteiger partial charge on any atom is 0.335 e. The van der Waals surface area contributed by atoms with E-state index in [1.807, 2.05) is 24.1 Å². The standard InChI is InChI=1S/C17H20N4O3/c1-12-5-7-13(8-6-12)21-16(23)14(15(22)19-17(21)24)11-18-20-9-3-2-4-10-20/h5-8,11,23H,2-4,9-10H2,1H3,(H,19,22,24). The molecule has 1 aromatic carbocycles. The Kier molecular flexibility index (Phi) is 4.50. The number of hydrogen-bond acceptors (Lipinski definition) is 5. The highest BCUT2D eigenvalue weighted by molar-refractivity contribution is 5.82. The van der Waals surface area contributed by atoms with Crippen molar-refractivity contribution in [3.63, 3.8) is 0 Å². The quantitative estimate of drug-likeness (QED) is 0.832. The van der Waals surface area contributed by atoms with E-state index >= 15 is 0 Å². The summed E-state index contributed by atoms with van der Waals surface area (Å²) in [6, 6.07) is 7.07. The Morgan fingerprint density at radius 3 is 2.46 bits per heavy atom. The van der Waals surface area contributed by atoms with Crippen LogP contribution in [0.15, 0.2) is 39.0 Å². The summed E-state index contributed by atoms with van der Waals surface area (Å²) in [5, 5.41) is 16.6. The van der Waals surface area contributed by atoms with Crippen molar-refractivity contribution in [2.45, 2.75) is 26.2 Å². The SMILES string of the molecule is Cc1ccc(-n2c(O)c(C=NN3CCCCC3)c(=O)[nH]c2=O)cc1. The Balaban J connectivity index is 2.02. The Labute approximate surface area is 138 Å². The van der Waals surface area contributed by atoms with Crippen LogP contribution >= 0.6 is 0 Å². The van der Waals surface area contributed by atoms with Crippen LogP contribution in [0.3, 0.4) is 0 Å². The van der Waals surface area contributed by atoms with Crippen LogP contribution in [0, 0.1) is 6.92 Å². The second kappa shape index (κ2) is 6.74. The molecule has 1 aliphatic heterocycles. The highest BCUT2D eigenvalue weighted by atomic mass is 16.3. The van der Waals surface area contributed by atoms with E-state index in [1.54, 1.807) is 12.1 Å². The van der Waals surface area contributed by atoms with Crippen LogP contribution in [-0.4, -0.2) is 39.0 Å². The molecule has 1 aliphatic rings. The summed E-state index contributed by atoms with van der Waals surface area (Å²) in [7, 11) is 0. The molecular weight excluding hydrogens is 308 g/mol. The predicted octanol–water partition coefficient (Wildman–Crippen LogP) is 1.36. The number of nitrogens with zero attached hydrogens (tertiary/aromatic N) is 3. The molecule has 0 aliphatic carbocycles. The molecule has 0 radical (unpaired) electrons. The first-order valence-electron chi connectivity index (χ1n) is 8.00. The van der Waals surface area contributed by atoms with Crippen LogP contribution in [-0.2, 0) is 0 Å². The fraction of sp³-hybridized carbons (Fsp3) is 0.353. The van der Waals surface area contributed by atoms with Crippen molar-refractivity contribution >= 4 is 6.21 Å². The van der Waals surface area contributed by atoms with Gasteiger partial charge in [-0.25, -0.2) is 9.36 Å². The number of aryl methyl sites for hydroxylation is 1. The predicted molar refractivity (Wildman–Crippen MR) is 92.1 cm³/mol. The van der Waals surface area contributed by atoms with Crippen LogP contribution in [0.1, 0.15) is 30.4 Å². The molecule has 0 spiro atoms. The minimum Gasteiger partial charge on any atom is -0.493 e. The number of benzene rings is 1. The van der Waals surface area contributed by atoms with E-state index in [-0.39, 0.29) is 5.56 Å². The van der Waals surface area contributed by atoms with Crippen molar-refractivity contribution in [2.24, 2.45) is 5.10 Å². The molecule has 7 heteroatoms. The zero-order valence-electron chi connectivity index (χ0n) is 13.5. The molecule has 1 saturated heterocycles. The number of hydrazone groups is 1. The second-order valence-electron chi connectivity index (χ2n) is 5.93. The van der Waals surface area contributed by atoms with Gasteiger partial charge in [0.1, 0.15) is 5.56 Å². The first-order chi connectivity index (χ1) is 11.6. The van der Waals surface area contributed by atoms with Crippen molar-refractivity contribution in [3.8, 4) is 11.6 Å². The molecular formula is C17H20N4O3. The topological polar surface area (TPSA) is 90.7 Å². The smallest absolute Gasteiger partial charge is 0.335 e. The fourth-order valence-corrected chi connectivity index (χ4v) is 2.72. The molecule has 7 nitrogen and oxygen atoms in total. The van der Waals surface area contributed by atoms with Crippen LogP contribution in [0.2, 0.25) is 0 Å². The first-order valence-corrected chi connectivity index (χ1v) is 8.00. The van der Waals surface area contributed by atoms with Gasteiger partial charge in [0.05, 0.1) is 11.9 Å². The molecule has 2 aromatic rings. The van der Waals surface area contributed by atoms with Gasteiger partial charge in [-0.2, -0.15) is 5.10 Å². The largest absolute Gasteiger partial charge is 0.493 e. The zero-order chi connectivity index (χ0) is 17.1. The number of aromatic amines is 1. The van der Waals surface area contributed by atoms with Crippen LogP contribution in [0.4, 0.5) is 0 Å². The Morgan fingerprint density at radius 1 is 1.12 bits per heavy atom. The van der Waals surface area contributed by atoms with Crippen molar-refractivity contribution in [3.05, 3.63) is 56.2 Å². The lowest BCUT2D eigenvalue weighted by atomic mass is 10.2. The maximum absolute atomic E-state index is 12.1. The number of H-pyrrole nitrogens is 1. The van der Waals surface area contributed by atoms with Crippen molar-refractivity contribution in [1.82, 2.24) is 14.6 Å². The highest BCUT2D eigenvalue weighted by Crippen LogP contribution is 2.16. The van der Waals surface area contributed by atoms with E-state index in [2.05, 4.69) is 10.1 Å². The summed E-state index contributed by atoms with van der Waals surface area (Å²) >= 11 is 0. The minimum atomic E-state index is -0.684. The molecule has 0 saturated carbocycles. The summed E-state index contributed by atoms with van der Waals surface area (Å²) < 4.78 is 1.07. The molecule has 0 bridgehead atoms. The lowest BCUT2D eigenvalue weighted by Crippen LogP contribution is -2.32. The lowest BCUT2D eigenvalue weighted by molar-refractivity contribution is 0.240. The van der Waals surface area contributed by atoms with E-state index in [4.69, 9.17) is 0 Å². The highest BCUT2D eigenvalue weighted by Gasteiger charge is 2.15. The van der Waals surface area contributed by atoms with E-state index in [0.717, 1.165) is 36.1 Å². The van der Waals surface area contributed by atoms with Gasteiger partial charge in [0.2, 0.25) is 5.88 Å². The molecule has 0 amide bonds. The molecule has 1 aromatic heterocycles. The van der Waals surface area contributed by atoms with Gasteiger partial charge in [-0.1, -0.05) is 17.7 Å². The van der Waals surface area contributed by atoms with Gasteiger partial charge in [-0.15, -0.1) is 0 Å². The minimum absolute atomic E-state index is 0.0271. The zero-order valence-corrected chi connectivity index (χ0v) is 13.5. The first kappa shape index (κ1) is 16.0. The third kappa shape index (κ3) is 3.24. The fourth-order valence-electron chi connectivity index (χ4n) is 2.72. The summed E-state index contributed by atoms with van der Waals surface area (Å²) in [5.74, 6) is -0.409. The Hall–Kier alpha value is -2.83. The van der Waals surface area contributed by atoms with Gasteiger partial charge in [0.15, 0.2) is 0 Å². The van der Waals surface area contributed by atoms with Crippen LogP contribution in [0.25, 0.3) is 5.69 Å². The third-order valence-corrected chi connectivity index (χ3v) is 4.10. The molecule has 2 N–H and O–H groups in total. The third-order valence-electron chi connectivity index (χ3n) is 4.10. The molecule has 24 heavy (non-hydrogen) atoms. The van der Waals surface area contributed by atoms with Crippen molar-refractivity contribution in [1.29, 1.82) is 0 Å². The van der Waals surface area contributed by atoms with Crippen LogP contribution < -0.4 is 11.2 Å². The number of hydrogen-bond donors (Lipinski definition) is 2. The molecule has 2 heterocycles. The molecule has 1 fully saturated rings. The number of rotatable bonds is 3. The van der Waals surface area contributed by atoms with Gasteiger partial charge < -0.3 is 5.11 Å². The lowest BCUT2D eigenvalue weighted by Gasteiger charge is -2.23. The number of nitrogens with one attached hydrogen (secondary N) is 1. The van der Waals surface area contributed by atoms with Gasteiger partial charge in [0.25, 0.3) is 5.56 Å². The van der Waals surface area contributed by atoms with E-state index in [9.17, 15) is 14.7 Å². The maximum atomic E-state index is 12.1. The molecule has 0 unspecified atom stereocenters. The van der Waals surface area contributed by atoms with Crippen molar-refractivity contribution in [2.75, 3.05) is 13.1 Å². The van der Waals surface area contributed by atoms with Gasteiger partial charge >= 0.3 is 5.69 Å². The molecule has 126 valence electrons. The number of aromatic nitrogens is 2.